The molecule has 0 aliphatic rings. The van der Waals surface area contributed by atoms with E-state index in [9.17, 15) is 13.6 Å². The average molecular weight is 269 g/mol. The van der Waals surface area contributed by atoms with Crippen molar-refractivity contribution < 1.29 is 18.7 Å². The Hall–Kier alpha value is -1.94. The van der Waals surface area contributed by atoms with E-state index >= 15 is 0 Å². The van der Waals surface area contributed by atoms with Crippen molar-refractivity contribution in [2.75, 3.05) is 0 Å². The Bertz CT molecular complexity index is 606. The summed E-state index contributed by atoms with van der Waals surface area (Å²) < 4.78 is 26.3. The highest BCUT2D eigenvalue weighted by Crippen LogP contribution is 2.28. The maximum Gasteiger partial charge on any atom is 0.336 e. The highest BCUT2D eigenvalue weighted by atomic mass is 35.5. The van der Waals surface area contributed by atoms with Crippen molar-refractivity contribution in [3.63, 3.8) is 0 Å². The molecule has 0 bridgehead atoms. The van der Waals surface area contributed by atoms with Gasteiger partial charge in [-0.2, -0.15) is 0 Å². The van der Waals surface area contributed by atoms with Crippen molar-refractivity contribution >= 4 is 17.6 Å². The van der Waals surface area contributed by atoms with Crippen LogP contribution in [0, 0.1) is 11.6 Å². The Kier molecular flexibility index (Phi) is 3.30. The Labute approximate surface area is 106 Å². The van der Waals surface area contributed by atoms with Crippen LogP contribution in [0.3, 0.4) is 0 Å². The molecule has 18 heavy (non-hydrogen) atoms. The minimum absolute atomic E-state index is 0.0654. The van der Waals surface area contributed by atoms with Gasteiger partial charge in [-0.05, 0) is 41.5 Å². The van der Waals surface area contributed by atoms with Crippen LogP contribution in [0.1, 0.15) is 10.4 Å². The lowest BCUT2D eigenvalue weighted by Gasteiger charge is -2.07. The van der Waals surface area contributed by atoms with Gasteiger partial charge in [0.15, 0.2) is 0 Å². The Morgan fingerprint density at radius 3 is 2.22 bits per heavy atom. The predicted molar refractivity (Wildman–Crippen MR) is 63.8 cm³/mol. The van der Waals surface area contributed by atoms with E-state index in [0.29, 0.717) is 11.1 Å². The molecule has 0 saturated heterocycles. The van der Waals surface area contributed by atoms with Crippen LogP contribution in [0.2, 0.25) is 5.02 Å². The van der Waals surface area contributed by atoms with Crippen LogP contribution in [0.4, 0.5) is 8.78 Å². The van der Waals surface area contributed by atoms with E-state index < -0.39 is 17.6 Å². The van der Waals surface area contributed by atoms with Crippen molar-refractivity contribution in [2.24, 2.45) is 0 Å². The van der Waals surface area contributed by atoms with Gasteiger partial charge in [-0.3, -0.25) is 0 Å². The third-order valence-corrected chi connectivity index (χ3v) is 2.62. The highest BCUT2D eigenvalue weighted by molar-refractivity contribution is 6.31. The zero-order valence-corrected chi connectivity index (χ0v) is 9.71. The molecular formula is C13H7ClF2O2. The van der Waals surface area contributed by atoms with Gasteiger partial charge in [-0.25, -0.2) is 13.6 Å². The van der Waals surface area contributed by atoms with Gasteiger partial charge in [-0.15, -0.1) is 0 Å². The quantitative estimate of drug-likeness (QED) is 0.894. The second-order valence-electron chi connectivity index (χ2n) is 3.65. The topological polar surface area (TPSA) is 37.3 Å². The van der Waals surface area contributed by atoms with Gasteiger partial charge in [0.25, 0.3) is 0 Å². The molecule has 0 fully saturated rings. The summed E-state index contributed by atoms with van der Waals surface area (Å²) in [5, 5.41) is 9.32. The first-order chi connectivity index (χ1) is 8.47. The van der Waals surface area contributed by atoms with E-state index in [2.05, 4.69) is 0 Å². The number of hydrogen-bond acceptors (Lipinski definition) is 1. The van der Waals surface area contributed by atoms with Crippen LogP contribution in [0.5, 0.6) is 0 Å². The minimum Gasteiger partial charge on any atom is -0.478 e. The summed E-state index contributed by atoms with van der Waals surface area (Å²) in [6.07, 6.45) is 0. The van der Waals surface area contributed by atoms with Crippen molar-refractivity contribution in [1.82, 2.24) is 0 Å². The van der Waals surface area contributed by atoms with Crippen LogP contribution in [-0.2, 0) is 0 Å². The first kappa shape index (κ1) is 12.5. The number of carbonyl (C=O) groups is 1. The van der Waals surface area contributed by atoms with Crippen molar-refractivity contribution in [3.05, 3.63) is 58.6 Å². The van der Waals surface area contributed by atoms with E-state index in [1.165, 1.54) is 18.2 Å². The van der Waals surface area contributed by atoms with Crippen LogP contribution in [-0.4, -0.2) is 11.1 Å². The van der Waals surface area contributed by atoms with E-state index in [1.807, 2.05) is 0 Å². The summed E-state index contributed by atoms with van der Waals surface area (Å²) in [6.45, 7) is 0. The van der Waals surface area contributed by atoms with Gasteiger partial charge in [0.1, 0.15) is 11.6 Å². The summed E-state index contributed by atoms with van der Waals surface area (Å²) in [5.74, 6) is -2.74. The van der Waals surface area contributed by atoms with E-state index in [1.54, 1.807) is 0 Å². The van der Waals surface area contributed by atoms with E-state index in [-0.39, 0.29) is 16.7 Å². The molecule has 0 amide bonds. The standard InChI is InChI=1S/C13H7ClF2O2/c14-8-1-2-11(13(17)18)12(5-8)7-3-9(15)6-10(16)4-7/h1-6H,(H,17,18). The Balaban J connectivity index is 2.68. The zero-order valence-electron chi connectivity index (χ0n) is 8.95. The maximum absolute atomic E-state index is 13.1. The Morgan fingerprint density at radius 1 is 1.06 bits per heavy atom. The molecule has 92 valence electrons. The third-order valence-electron chi connectivity index (χ3n) is 2.39. The largest absolute Gasteiger partial charge is 0.478 e. The molecule has 0 aliphatic heterocycles. The molecule has 0 heterocycles. The van der Waals surface area contributed by atoms with E-state index in [0.717, 1.165) is 12.1 Å². The molecule has 2 aromatic carbocycles. The first-order valence-electron chi connectivity index (χ1n) is 4.96. The molecular weight excluding hydrogens is 262 g/mol. The number of rotatable bonds is 2. The first-order valence-corrected chi connectivity index (χ1v) is 5.34. The molecule has 0 unspecified atom stereocenters. The number of hydrogen-bond donors (Lipinski definition) is 1. The molecule has 2 aromatic rings. The smallest absolute Gasteiger partial charge is 0.336 e. The Morgan fingerprint density at radius 2 is 1.67 bits per heavy atom. The lowest BCUT2D eigenvalue weighted by atomic mass is 9.99. The summed E-state index contributed by atoms with van der Waals surface area (Å²) in [5.41, 5.74) is 0.241. The molecule has 0 radical (unpaired) electrons. The van der Waals surface area contributed by atoms with Gasteiger partial charge in [0.2, 0.25) is 0 Å². The highest BCUT2D eigenvalue weighted by Gasteiger charge is 2.13. The van der Waals surface area contributed by atoms with Crippen molar-refractivity contribution in [1.29, 1.82) is 0 Å². The van der Waals surface area contributed by atoms with Crippen molar-refractivity contribution in [3.8, 4) is 11.1 Å². The van der Waals surface area contributed by atoms with Gasteiger partial charge >= 0.3 is 5.97 Å². The lowest BCUT2D eigenvalue weighted by Crippen LogP contribution is -1.99. The van der Waals surface area contributed by atoms with Crippen LogP contribution in [0.15, 0.2) is 36.4 Å². The predicted octanol–water partition coefficient (Wildman–Crippen LogP) is 3.98. The summed E-state index contributed by atoms with van der Waals surface area (Å²) in [7, 11) is 0. The molecule has 1 N–H and O–H groups in total. The molecule has 0 spiro atoms. The molecule has 0 aromatic heterocycles. The number of carboxylic acids is 1. The molecule has 0 saturated carbocycles. The number of aromatic carboxylic acids is 1. The second kappa shape index (κ2) is 4.74. The van der Waals surface area contributed by atoms with Crippen LogP contribution < -0.4 is 0 Å². The van der Waals surface area contributed by atoms with Gasteiger partial charge < -0.3 is 5.11 Å². The molecule has 0 atom stereocenters. The molecule has 2 rings (SSSR count). The fraction of sp³-hybridized carbons (Fsp3) is 0. The number of carboxylic acid groups (broad SMARTS) is 1. The van der Waals surface area contributed by atoms with Gasteiger partial charge in [-0.1, -0.05) is 11.6 Å². The fourth-order valence-electron chi connectivity index (χ4n) is 1.65. The van der Waals surface area contributed by atoms with Gasteiger partial charge in [0, 0.05) is 11.1 Å². The van der Waals surface area contributed by atoms with E-state index in [4.69, 9.17) is 16.7 Å². The second-order valence-corrected chi connectivity index (χ2v) is 4.09. The minimum atomic E-state index is -1.19. The van der Waals surface area contributed by atoms with Gasteiger partial charge in [0.05, 0.1) is 5.56 Å². The average Bonchev–Trinajstić information content (AvgIpc) is 2.27. The fourth-order valence-corrected chi connectivity index (χ4v) is 1.82. The molecule has 2 nitrogen and oxygen atoms in total. The van der Waals surface area contributed by atoms with Crippen LogP contribution >= 0.6 is 11.6 Å². The lowest BCUT2D eigenvalue weighted by molar-refractivity contribution is 0.0697. The zero-order chi connectivity index (χ0) is 13.3. The summed E-state index contributed by atoms with van der Waals surface area (Å²) in [6, 6.07) is 6.89. The molecule has 0 aliphatic carbocycles. The number of benzene rings is 2. The SMILES string of the molecule is O=C(O)c1ccc(Cl)cc1-c1cc(F)cc(F)c1. The number of halogens is 3. The van der Waals surface area contributed by atoms with Crippen LogP contribution in [0.25, 0.3) is 11.1 Å². The van der Waals surface area contributed by atoms with Crippen molar-refractivity contribution in [2.45, 2.75) is 0 Å². The third kappa shape index (κ3) is 2.49. The summed E-state index contributed by atoms with van der Waals surface area (Å²) >= 11 is 5.77. The normalized spacial score (nSPS) is 10.4. The molecule has 5 heteroatoms. The monoisotopic (exact) mass is 268 g/mol. The maximum atomic E-state index is 13.1. The summed E-state index contributed by atoms with van der Waals surface area (Å²) in [4.78, 5) is 11.0.